The van der Waals surface area contributed by atoms with Crippen LogP contribution in [0.1, 0.15) is 12.7 Å². The lowest BCUT2D eigenvalue weighted by Gasteiger charge is -2.15. The first kappa shape index (κ1) is 18.5. The molecule has 6 nitrogen and oxygen atoms in total. The molecular weight excluding hydrogens is 372 g/mol. The van der Waals surface area contributed by atoms with Crippen molar-refractivity contribution in [1.82, 2.24) is 19.7 Å². The van der Waals surface area contributed by atoms with Gasteiger partial charge in [0.1, 0.15) is 17.8 Å². The fourth-order valence-electron chi connectivity index (χ4n) is 2.36. The molecule has 2 aromatic heterocycles. The molecule has 3 rings (SSSR count). The molecule has 0 saturated carbocycles. The van der Waals surface area contributed by atoms with Gasteiger partial charge in [-0.1, -0.05) is 23.4 Å². The zero-order chi connectivity index (χ0) is 18.5. The quantitative estimate of drug-likeness (QED) is 0.571. The molecule has 3 aromatic rings. The van der Waals surface area contributed by atoms with E-state index in [1.807, 2.05) is 47.9 Å². The number of amides is 1. The molecule has 0 unspecified atom stereocenters. The van der Waals surface area contributed by atoms with Crippen LogP contribution in [0.5, 0.6) is 0 Å². The van der Waals surface area contributed by atoms with Crippen LogP contribution in [0, 0.1) is 0 Å². The van der Waals surface area contributed by atoms with Gasteiger partial charge in [0.15, 0.2) is 5.16 Å². The van der Waals surface area contributed by atoms with Gasteiger partial charge in [0.25, 0.3) is 0 Å². The van der Waals surface area contributed by atoms with Gasteiger partial charge in [-0.15, -0.1) is 10.2 Å². The molecule has 2 heterocycles. The second-order valence-corrected chi connectivity index (χ2v) is 7.09. The van der Waals surface area contributed by atoms with E-state index in [2.05, 4.69) is 10.2 Å². The number of benzene rings is 1. The van der Waals surface area contributed by atoms with E-state index in [0.717, 1.165) is 28.8 Å². The van der Waals surface area contributed by atoms with Gasteiger partial charge in [0, 0.05) is 24.2 Å². The Labute approximate surface area is 161 Å². The Hall–Kier alpha value is -2.25. The third kappa shape index (κ3) is 4.47. The first-order valence-electron chi connectivity index (χ1n) is 8.16. The Balaban J connectivity index is 1.56. The molecule has 0 N–H and O–H groups in total. The highest BCUT2D eigenvalue weighted by molar-refractivity contribution is 7.99. The molecule has 0 bridgehead atoms. The summed E-state index contributed by atoms with van der Waals surface area (Å²) in [5, 5.41) is 9.32. The second kappa shape index (κ2) is 8.42. The van der Waals surface area contributed by atoms with E-state index in [-0.39, 0.29) is 5.91 Å². The van der Waals surface area contributed by atoms with E-state index in [1.165, 1.54) is 11.8 Å². The zero-order valence-electron chi connectivity index (χ0n) is 14.6. The molecule has 1 aromatic carbocycles. The van der Waals surface area contributed by atoms with Crippen LogP contribution in [-0.2, 0) is 17.9 Å². The molecule has 1 amide bonds. The fourth-order valence-corrected chi connectivity index (χ4v) is 3.41. The fraction of sp³-hybridized carbons (Fsp3) is 0.278. The lowest BCUT2D eigenvalue weighted by atomic mass is 10.2. The van der Waals surface area contributed by atoms with Crippen molar-refractivity contribution >= 4 is 29.3 Å². The van der Waals surface area contributed by atoms with Gasteiger partial charge in [-0.05, 0) is 43.3 Å². The molecule has 0 radical (unpaired) electrons. The molecule has 0 aliphatic heterocycles. The number of thioether (sulfide) groups is 1. The second-order valence-electron chi connectivity index (χ2n) is 5.71. The normalized spacial score (nSPS) is 10.9. The molecule has 0 aliphatic carbocycles. The highest BCUT2D eigenvalue weighted by Gasteiger charge is 2.14. The zero-order valence-corrected chi connectivity index (χ0v) is 16.1. The van der Waals surface area contributed by atoms with E-state index < -0.39 is 0 Å². The minimum absolute atomic E-state index is 0.00472. The molecule has 0 spiro atoms. The van der Waals surface area contributed by atoms with Crippen molar-refractivity contribution in [1.29, 1.82) is 0 Å². The maximum atomic E-state index is 12.3. The number of hydrogen-bond acceptors (Lipinski definition) is 5. The summed E-state index contributed by atoms with van der Waals surface area (Å²) >= 11 is 7.29. The van der Waals surface area contributed by atoms with Crippen molar-refractivity contribution in [2.75, 3.05) is 12.8 Å². The molecule has 8 heteroatoms. The van der Waals surface area contributed by atoms with Gasteiger partial charge in [-0.2, -0.15) is 0 Å². The van der Waals surface area contributed by atoms with E-state index >= 15 is 0 Å². The van der Waals surface area contributed by atoms with Crippen molar-refractivity contribution in [2.45, 2.75) is 25.2 Å². The minimum Gasteiger partial charge on any atom is -0.459 e. The summed E-state index contributed by atoms with van der Waals surface area (Å²) < 4.78 is 7.75. The summed E-state index contributed by atoms with van der Waals surface area (Å²) in [6.45, 7) is 3.20. The third-order valence-corrected chi connectivity index (χ3v) is 5.07. The lowest BCUT2D eigenvalue weighted by molar-refractivity contribution is -0.127. The van der Waals surface area contributed by atoms with Crippen LogP contribution >= 0.6 is 23.4 Å². The Morgan fingerprint density at radius 2 is 2.04 bits per heavy atom. The summed E-state index contributed by atoms with van der Waals surface area (Å²) in [4.78, 5) is 14.0. The minimum atomic E-state index is 0.00472. The molecular formula is C18H19ClN4O2S. The van der Waals surface area contributed by atoms with E-state index in [1.54, 1.807) is 18.3 Å². The number of aryl methyl sites for hydroxylation is 1. The Morgan fingerprint density at radius 1 is 1.27 bits per heavy atom. The summed E-state index contributed by atoms with van der Waals surface area (Å²) in [5.74, 6) is 1.79. The van der Waals surface area contributed by atoms with Crippen molar-refractivity contribution in [3.8, 4) is 11.3 Å². The molecule has 136 valence electrons. The number of halogens is 1. The van der Waals surface area contributed by atoms with Crippen LogP contribution < -0.4 is 0 Å². The van der Waals surface area contributed by atoms with E-state index in [0.29, 0.717) is 17.3 Å². The highest BCUT2D eigenvalue weighted by Crippen LogP contribution is 2.24. The monoisotopic (exact) mass is 390 g/mol. The third-order valence-electron chi connectivity index (χ3n) is 3.85. The van der Waals surface area contributed by atoms with Gasteiger partial charge < -0.3 is 13.9 Å². The topological polar surface area (TPSA) is 64.2 Å². The van der Waals surface area contributed by atoms with Gasteiger partial charge >= 0.3 is 0 Å². The highest BCUT2D eigenvalue weighted by atomic mass is 35.5. The van der Waals surface area contributed by atoms with Crippen LogP contribution in [0.15, 0.2) is 52.3 Å². The summed E-state index contributed by atoms with van der Waals surface area (Å²) in [5.41, 5.74) is 0.948. The Morgan fingerprint density at radius 3 is 2.77 bits per heavy atom. The molecule has 0 atom stereocenters. The summed E-state index contributed by atoms with van der Waals surface area (Å²) in [6.07, 6.45) is 1.66. The van der Waals surface area contributed by atoms with Crippen molar-refractivity contribution in [3.05, 3.63) is 53.5 Å². The predicted octanol–water partition coefficient (Wildman–Crippen LogP) is 3.96. The van der Waals surface area contributed by atoms with Gasteiger partial charge in [-0.3, -0.25) is 4.79 Å². The number of rotatable bonds is 7. The van der Waals surface area contributed by atoms with E-state index in [9.17, 15) is 4.79 Å². The lowest BCUT2D eigenvalue weighted by Crippen LogP contribution is -2.27. The largest absolute Gasteiger partial charge is 0.459 e. The predicted molar refractivity (Wildman–Crippen MR) is 102 cm³/mol. The van der Waals surface area contributed by atoms with Crippen molar-refractivity contribution in [2.24, 2.45) is 0 Å². The number of hydrogen-bond donors (Lipinski definition) is 0. The van der Waals surface area contributed by atoms with Gasteiger partial charge in [0.2, 0.25) is 5.91 Å². The summed E-state index contributed by atoms with van der Waals surface area (Å²) in [6, 6.07) is 11.2. The molecule has 0 aliphatic rings. The average molecular weight is 391 g/mol. The number of aromatic nitrogens is 3. The maximum absolute atomic E-state index is 12.3. The molecule has 0 saturated heterocycles. The Bertz CT molecular complexity index is 875. The van der Waals surface area contributed by atoms with Crippen LogP contribution in [0.3, 0.4) is 0 Å². The molecule has 0 fully saturated rings. The number of carbonyl (C=O) groups is 1. The van der Waals surface area contributed by atoms with Gasteiger partial charge in [0.05, 0.1) is 12.3 Å². The van der Waals surface area contributed by atoms with Gasteiger partial charge in [-0.25, -0.2) is 0 Å². The first-order valence-corrected chi connectivity index (χ1v) is 9.52. The van der Waals surface area contributed by atoms with Crippen molar-refractivity contribution < 1.29 is 9.21 Å². The van der Waals surface area contributed by atoms with Crippen LogP contribution in [0.25, 0.3) is 11.3 Å². The smallest absolute Gasteiger partial charge is 0.233 e. The number of nitrogens with zero attached hydrogens (tertiary/aromatic N) is 4. The summed E-state index contributed by atoms with van der Waals surface area (Å²) in [7, 11) is 1.76. The first-order chi connectivity index (χ1) is 12.6. The van der Waals surface area contributed by atoms with Crippen molar-refractivity contribution in [3.63, 3.8) is 0 Å². The number of furan rings is 1. The van der Waals surface area contributed by atoms with Crippen LogP contribution in [0.2, 0.25) is 5.02 Å². The maximum Gasteiger partial charge on any atom is 0.233 e. The van der Waals surface area contributed by atoms with Crippen LogP contribution in [-0.4, -0.2) is 38.4 Å². The standard InChI is InChI=1S/C18H19ClN4O2S/c1-3-23-12-20-21-18(23)26-11-17(24)22(2)10-15-8-9-16(25-15)13-4-6-14(19)7-5-13/h4-9,12H,3,10-11H2,1-2H3. The average Bonchev–Trinajstić information content (AvgIpc) is 3.29. The number of carbonyl (C=O) groups excluding carboxylic acids is 1. The SMILES string of the molecule is CCn1cnnc1SCC(=O)N(C)Cc1ccc(-c2ccc(Cl)cc2)o1. The molecule has 26 heavy (non-hydrogen) atoms. The van der Waals surface area contributed by atoms with Crippen LogP contribution in [0.4, 0.5) is 0 Å². The van der Waals surface area contributed by atoms with E-state index in [4.69, 9.17) is 16.0 Å². The Kier molecular flexibility index (Phi) is 6.00.